The zero-order valence-corrected chi connectivity index (χ0v) is 14.9. The van der Waals surface area contributed by atoms with Crippen LogP contribution in [0.3, 0.4) is 0 Å². The van der Waals surface area contributed by atoms with Crippen LogP contribution < -0.4 is 0 Å². The summed E-state index contributed by atoms with van der Waals surface area (Å²) >= 11 is 0. The fourth-order valence-electron chi connectivity index (χ4n) is 2.85. The summed E-state index contributed by atoms with van der Waals surface area (Å²) < 4.78 is 17.3. The number of nitrogens with zero attached hydrogens (tertiary/aromatic N) is 1. The number of carbonyl (C=O) groups excluding carboxylic acids is 2. The summed E-state index contributed by atoms with van der Waals surface area (Å²) in [6.45, 7) is 6.09. The third-order valence-corrected chi connectivity index (χ3v) is 3.91. The fraction of sp³-hybridized carbons (Fsp3) is 0.368. The first-order valence-corrected chi connectivity index (χ1v) is 8.03. The number of aromatic nitrogens is 1. The zero-order chi connectivity index (χ0) is 18.4. The fourth-order valence-corrected chi connectivity index (χ4v) is 2.85. The number of hydrogen-bond acceptors (Lipinski definition) is 5. The lowest BCUT2D eigenvalue weighted by atomic mass is 10.1. The van der Waals surface area contributed by atoms with Crippen molar-refractivity contribution >= 4 is 17.8 Å². The van der Waals surface area contributed by atoms with E-state index in [9.17, 15) is 9.59 Å². The molecule has 1 atom stereocenters. The number of hydrogen-bond donors (Lipinski definition) is 0. The molecule has 0 spiro atoms. The Morgan fingerprint density at radius 2 is 2.12 bits per heavy atom. The minimum atomic E-state index is -0.591. The van der Waals surface area contributed by atoms with E-state index >= 15 is 0 Å². The van der Waals surface area contributed by atoms with Crippen LogP contribution in [0.5, 0.6) is 0 Å². The Kier molecular flexibility index (Phi) is 6.36. The van der Waals surface area contributed by atoms with E-state index in [1.54, 1.807) is 19.2 Å². The molecule has 0 saturated heterocycles. The Bertz CT molecular complexity index is 755. The van der Waals surface area contributed by atoms with Crippen LogP contribution in [0.15, 0.2) is 35.0 Å². The molecule has 2 aromatic heterocycles. The van der Waals surface area contributed by atoms with Crippen molar-refractivity contribution in [2.75, 3.05) is 20.3 Å². The van der Waals surface area contributed by atoms with Gasteiger partial charge in [-0.3, -0.25) is 4.79 Å². The highest BCUT2D eigenvalue weighted by molar-refractivity contribution is 6.00. The van der Waals surface area contributed by atoms with Gasteiger partial charge in [-0.25, -0.2) is 4.79 Å². The summed E-state index contributed by atoms with van der Waals surface area (Å²) in [7, 11) is 1.65. The van der Waals surface area contributed by atoms with E-state index in [0.717, 1.165) is 11.4 Å². The lowest BCUT2D eigenvalue weighted by Gasteiger charge is -2.17. The average molecular weight is 345 g/mol. The summed E-state index contributed by atoms with van der Waals surface area (Å²) in [6, 6.07) is 5.36. The number of aryl methyl sites for hydroxylation is 1. The van der Waals surface area contributed by atoms with Crippen molar-refractivity contribution in [2.24, 2.45) is 0 Å². The molecule has 0 amide bonds. The van der Waals surface area contributed by atoms with Crippen LogP contribution >= 0.6 is 0 Å². The van der Waals surface area contributed by atoms with Gasteiger partial charge in [0.1, 0.15) is 5.76 Å². The third kappa shape index (κ3) is 4.70. The standard InChI is InChI=1S/C19H23NO5/c1-13-10-17(15(3)20(13)14(2)11-23-4)18(21)12-25-19(22)8-7-16-6-5-9-24-16/h5-10,14H,11-12H2,1-4H3/b8-7+/t14-/m1/s1. The molecule has 0 aliphatic heterocycles. The molecule has 6 heteroatoms. The summed E-state index contributed by atoms with van der Waals surface area (Å²) in [5.41, 5.74) is 2.37. The molecule has 0 aromatic carbocycles. The van der Waals surface area contributed by atoms with E-state index in [2.05, 4.69) is 4.57 Å². The molecule has 0 saturated carbocycles. The topological polar surface area (TPSA) is 70.7 Å². The highest BCUT2D eigenvalue weighted by Crippen LogP contribution is 2.21. The Morgan fingerprint density at radius 1 is 1.36 bits per heavy atom. The van der Waals surface area contributed by atoms with Gasteiger partial charge in [-0.05, 0) is 45.0 Å². The van der Waals surface area contributed by atoms with Crippen molar-refractivity contribution in [3.05, 3.63) is 53.2 Å². The lowest BCUT2D eigenvalue weighted by molar-refractivity contribution is -0.136. The molecular formula is C19H23NO5. The molecular weight excluding hydrogens is 322 g/mol. The number of esters is 1. The normalized spacial score (nSPS) is 12.5. The van der Waals surface area contributed by atoms with E-state index in [1.807, 2.05) is 26.8 Å². The van der Waals surface area contributed by atoms with E-state index in [-0.39, 0.29) is 18.4 Å². The average Bonchev–Trinajstić information content (AvgIpc) is 3.18. The van der Waals surface area contributed by atoms with Crippen molar-refractivity contribution in [1.82, 2.24) is 4.57 Å². The number of ether oxygens (including phenoxy) is 2. The summed E-state index contributed by atoms with van der Waals surface area (Å²) in [5.74, 6) is -0.283. The van der Waals surface area contributed by atoms with Gasteiger partial charge in [0.2, 0.25) is 5.78 Å². The summed E-state index contributed by atoms with van der Waals surface area (Å²) in [6.07, 6.45) is 4.23. The molecule has 2 aromatic rings. The minimum Gasteiger partial charge on any atom is -0.465 e. The minimum absolute atomic E-state index is 0.116. The zero-order valence-electron chi connectivity index (χ0n) is 14.9. The highest BCUT2D eigenvalue weighted by atomic mass is 16.5. The number of carbonyl (C=O) groups is 2. The second kappa shape index (κ2) is 8.48. The van der Waals surface area contributed by atoms with E-state index < -0.39 is 5.97 Å². The van der Waals surface area contributed by atoms with Gasteiger partial charge in [-0.2, -0.15) is 0 Å². The SMILES string of the molecule is COC[C@@H](C)n1c(C)cc(C(=O)COC(=O)/C=C/c2ccco2)c1C. The molecule has 0 radical (unpaired) electrons. The third-order valence-electron chi connectivity index (χ3n) is 3.91. The molecule has 25 heavy (non-hydrogen) atoms. The molecule has 0 unspecified atom stereocenters. The van der Waals surface area contributed by atoms with Crippen molar-refractivity contribution in [1.29, 1.82) is 0 Å². The number of rotatable bonds is 8. The van der Waals surface area contributed by atoms with Gasteiger partial charge in [-0.1, -0.05) is 0 Å². The van der Waals surface area contributed by atoms with Crippen LogP contribution in [0, 0.1) is 13.8 Å². The molecule has 134 valence electrons. The monoisotopic (exact) mass is 345 g/mol. The van der Waals surface area contributed by atoms with Gasteiger partial charge >= 0.3 is 5.97 Å². The van der Waals surface area contributed by atoms with Gasteiger partial charge in [0.05, 0.1) is 18.9 Å². The van der Waals surface area contributed by atoms with Crippen molar-refractivity contribution < 1.29 is 23.5 Å². The number of ketones is 1. The predicted molar refractivity (Wildman–Crippen MR) is 93.5 cm³/mol. The van der Waals surface area contributed by atoms with Crippen molar-refractivity contribution in [2.45, 2.75) is 26.8 Å². The van der Waals surface area contributed by atoms with Crippen molar-refractivity contribution in [3.8, 4) is 0 Å². The second-order valence-electron chi connectivity index (χ2n) is 5.84. The van der Waals surface area contributed by atoms with Gasteiger partial charge < -0.3 is 18.5 Å². The first kappa shape index (κ1) is 18.7. The van der Waals surface area contributed by atoms with Gasteiger partial charge in [0, 0.05) is 30.1 Å². The second-order valence-corrected chi connectivity index (χ2v) is 5.84. The molecule has 0 aliphatic rings. The largest absolute Gasteiger partial charge is 0.465 e. The smallest absolute Gasteiger partial charge is 0.331 e. The lowest BCUT2D eigenvalue weighted by Crippen LogP contribution is -2.16. The molecule has 0 bridgehead atoms. The first-order valence-electron chi connectivity index (χ1n) is 8.03. The maximum absolute atomic E-state index is 12.4. The molecule has 0 aliphatic carbocycles. The van der Waals surface area contributed by atoms with Crippen LogP contribution in [0.1, 0.15) is 40.5 Å². The molecule has 2 heterocycles. The quantitative estimate of drug-likeness (QED) is 0.417. The van der Waals surface area contributed by atoms with E-state index in [4.69, 9.17) is 13.9 Å². The van der Waals surface area contributed by atoms with Gasteiger partial charge in [0.15, 0.2) is 6.61 Å². The Labute approximate surface area is 147 Å². The van der Waals surface area contributed by atoms with Crippen LogP contribution in [-0.4, -0.2) is 36.6 Å². The predicted octanol–water partition coefficient (Wildman–Crippen LogP) is 3.34. The summed E-state index contributed by atoms with van der Waals surface area (Å²) in [5, 5.41) is 0. The number of methoxy groups -OCH3 is 1. The first-order chi connectivity index (χ1) is 11.9. The Morgan fingerprint density at radius 3 is 2.76 bits per heavy atom. The number of Topliss-reactive ketones (excluding diaryl/α,β-unsaturated/α-hetero) is 1. The molecule has 0 fully saturated rings. The maximum Gasteiger partial charge on any atom is 0.331 e. The van der Waals surface area contributed by atoms with Gasteiger partial charge in [0.25, 0.3) is 0 Å². The van der Waals surface area contributed by atoms with Crippen LogP contribution in [0.2, 0.25) is 0 Å². The molecule has 6 nitrogen and oxygen atoms in total. The van der Waals surface area contributed by atoms with Crippen LogP contribution in [0.4, 0.5) is 0 Å². The molecule has 2 rings (SSSR count). The van der Waals surface area contributed by atoms with Crippen LogP contribution in [-0.2, 0) is 14.3 Å². The summed E-state index contributed by atoms with van der Waals surface area (Å²) in [4.78, 5) is 24.1. The molecule has 0 N–H and O–H groups in total. The van der Waals surface area contributed by atoms with Crippen molar-refractivity contribution in [3.63, 3.8) is 0 Å². The Hall–Kier alpha value is -2.60. The maximum atomic E-state index is 12.4. The number of furan rings is 1. The van der Waals surface area contributed by atoms with Crippen LogP contribution in [0.25, 0.3) is 6.08 Å². The van der Waals surface area contributed by atoms with Gasteiger partial charge in [-0.15, -0.1) is 0 Å². The highest BCUT2D eigenvalue weighted by Gasteiger charge is 2.19. The Balaban J connectivity index is 1.99. The van der Waals surface area contributed by atoms with E-state index in [0.29, 0.717) is 17.9 Å². The van der Waals surface area contributed by atoms with E-state index in [1.165, 1.54) is 18.4 Å².